The molecule has 0 saturated heterocycles. The van der Waals surface area contributed by atoms with Crippen LogP contribution in [0.1, 0.15) is 32.2 Å². The number of aromatic amines is 1. The second-order valence-electron chi connectivity index (χ2n) is 5.71. The standard InChI is InChI=1S/C15H17FN2S/c1-9-5-6-11(16)10(7-9)12-8-13(19)18-14(17-12)15(2,3)4/h5-8H,1-4H3,(H,17,18,19). The molecule has 0 aliphatic heterocycles. The van der Waals surface area contributed by atoms with Crippen LogP contribution in [0.3, 0.4) is 0 Å². The van der Waals surface area contributed by atoms with E-state index in [0.717, 1.165) is 11.4 Å². The van der Waals surface area contributed by atoms with Gasteiger partial charge in [-0.2, -0.15) is 0 Å². The van der Waals surface area contributed by atoms with Crippen molar-refractivity contribution in [2.45, 2.75) is 33.1 Å². The average molecular weight is 276 g/mol. The lowest BCUT2D eigenvalue weighted by atomic mass is 9.95. The second-order valence-corrected chi connectivity index (χ2v) is 6.13. The smallest absolute Gasteiger partial charge is 0.132 e. The molecule has 2 aromatic rings. The molecular formula is C15H17FN2S. The van der Waals surface area contributed by atoms with E-state index in [0.29, 0.717) is 15.9 Å². The van der Waals surface area contributed by atoms with Crippen LogP contribution in [0.4, 0.5) is 4.39 Å². The maximum atomic E-state index is 13.9. The molecular weight excluding hydrogens is 259 g/mol. The molecule has 0 spiro atoms. The number of rotatable bonds is 1. The molecule has 1 aromatic carbocycles. The first-order valence-corrected chi connectivity index (χ1v) is 6.56. The first-order valence-electron chi connectivity index (χ1n) is 6.16. The molecule has 0 aliphatic carbocycles. The van der Waals surface area contributed by atoms with Gasteiger partial charge < -0.3 is 4.98 Å². The first kappa shape index (κ1) is 13.9. The van der Waals surface area contributed by atoms with Gasteiger partial charge in [-0.15, -0.1) is 0 Å². The number of aromatic nitrogens is 2. The monoisotopic (exact) mass is 276 g/mol. The summed E-state index contributed by atoms with van der Waals surface area (Å²) in [6.07, 6.45) is 0. The van der Waals surface area contributed by atoms with E-state index in [1.165, 1.54) is 6.07 Å². The number of nitrogens with zero attached hydrogens (tertiary/aromatic N) is 1. The van der Waals surface area contributed by atoms with Gasteiger partial charge in [0.25, 0.3) is 0 Å². The minimum atomic E-state index is -0.262. The lowest BCUT2D eigenvalue weighted by Gasteiger charge is -2.18. The van der Waals surface area contributed by atoms with Crippen LogP contribution in [0.5, 0.6) is 0 Å². The summed E-state index contributed by atoms with van der Waals surface area (Å²) >= 11 is 5.18. The highest BCUT2D eigenvalue weighted by atomic mass is 32.1. The van der Waals surface area contributed by atoms with Gasteiger partial charge in [0.05, 0.1) is 5.69 Å². The maximum Gasteiger partial charge on any atom is 0.132 e. The minimum absolute atomic E-state index is 0.163. The van der Waals surface area contributed by atoms with Gasteiger partial charge in [0, 0.05) is 11.0 Å². The SMILES string of the molecule is Cc1ccc(F)c(-c2cc(=S)nc(C(C)(C)C)[nH]2)c1. The fraction of sp³-hybridized carbons (Fsp3) is 0.333. The third kappa shape index (κ3) is 3.07. The molecule has 0 unspecified atom stereocenters. The van der Waals surface area contributed by atoms with Crippen molar-refractivity contribution in [3.05, 3.63) is 46.1 Å². The lowest BCUT2D eigenvalue weighted by molar-refractivity contribution is 0.544. The van der Waals surface area contributed by atoms with E-state index in [-0.39, 0.29) is 11.2 Å². The Balaban J connectivity index is 2.66. The van der Waals surface area contributed by atoms with Gasteiger partial charge in [-0.25, -0.2) is 9.37 Å². The zero-order chi connectivity index (χ0) is 14.2. The van der Waals surface area contributed by atoms with Crippen LogP contribution in [-0.4, -0.2) is 9.97 Å². The summed E-state index contributed by atoms with van der Waals surface area (Å²) in [6, 6.07) is 6.73. The fourth-order valence-corrected chi connectivity index (χ4v) is 2.01. The third-order valence-corrected chi connectivity index (χ3v) is 3.07. The van der Waals surface area contributed by atoms with Crippen LogP contribution in [0.15, 0.2) is 24.3 Å². The number of hydrogen-bond acceptors (Lipinski definition) is 2. The molecule has 0 bridgehead atoms. The number of aryl methyl sites for hydroxylation is 1. The minimum Gasteiger partial charge on any atom is -0.343 e. The van der Waals surface area contributed by atoms with Crippen molar-refractivity contribution in [2.75, 3.05) is 0 Å². The van der Waals surface area contributed by atoms with Crippen LogP contribution in [0.2, 0.25) is 0 Å². The van der Waals surface area contributed by atoms with Gasteiger partial charge in [-0.1, -0.05) is 44.6 Å². The fourth-order valence-electron chi connectivity index (χ4n) is 1.80. The summed E-state index contributed by atoms with van der Waals surface area (Å²) in [4.78, 5) is 7.51. The molecule has 100 valence electrons. The Hall–Kier alpha value is -1.55. The van der Waals surface area contributed by atoms with Gasteiger partial charge in [-0.05, 0) is 25.1 Å². The Morgan fingerprint density at radius 1 is 1.21 bits per heavy atom. The average Bonchev–Trinajstić information content (AvgIpc) is 2.30. The van der Waals surface area contributed by atoms with Crippen LogP contribution < -0.4 is 0 Å². The zero-order valence-electron chi connectivity index (χ0n) is 11.5. The summed E-state index contributed by atoms with van der Waals surface area (Å²) in [5, 5.41) is 0. The zero-order valence-corrected chi connectivity index (χ0v) is 12.4. The van der Waals surface area contributed by atoms with Gasteiger partial charge >= 0.3 is 0 Å². The molecule has 2 rings (SSSR count). The number of nitrogens with one attached hydrogen (secondary N) is 1. The Morgan fingerprint density at radius 3 is 2.53 bits per heavy atom. The number of hydrogen-bond donors (Lipinski definition) is 1. The summed E-state index contributed by atoms with van der Waals surface area (Å²) in [6.45, 7) is 8.05. The highest BCUT2D eigenvalue weighted by Gasteiger charge is 2.18. The van der Waals surface area contributed by atoms with Gasteiger partial charge in [-0.3, -0.25) is 0 Å². The molecule has 0 fully saturated rings. The van der Waals surface area contributed by atoms with E-state index in [1.54, 1.807) is 12.1 Å². The Labute approximate surface area is 117 Å². The normalized spacial score (nSPS) is 11.6. The summed E-state index contributed by atoms with van der Waals surface area (Å²) < 4.78 is 14.4. The van der Waals surface area contributed by atoms with Gasteiger partial charge in [0.2, 0.25) is 0 Å². The Morgan fingerprint density at radius 2 is 1.89 bits per heavy atom. The summed E-state index contributed by atoms with van der Waals surface area (Å²) in [5.74, 6) is 0.498. The molecule has 0 saturated carbocycles. The summed E-state index contributed by atoms with van der Waals surface area (Å²) in [5.41, 5.74) is 2.04. The van der Waals surface area contributed by atoms with Crippen molar-refractivity contribution in [1.82, 2.24) is 9.97 Å². The molecule has 0 atom stereocenters. The van der Waals surface area contributed by atoms with Crippen LogP contribution in [-0.2, 0) is 5.41 Å². The second kappa shape index (κ2) is 4.85. The maximum absolute atomic E-state index is 13.9. The van der Waals surface area contributed by atoms with Crippen LogP contribution >= 0.6 is 12.2 Å². The molecule has 0 aliphatic rings. The molecule has 2 nitrogen and oxygen atoms in total. The van der Waals surface area contributed by atoms with Crippen molar-refractivity contribution in [3.8, 4) is 11.3 Å². The number of halogens is 1. The highest BCUT2D eigenvalue weighted by molar-refractivity contribution is 7.71. The van der Waals surface area contributed by atoms with Crippen LogP contribution in [0.25, 0.3) is 11.3 Å². The van der Waals surface area contributed by atoms with Crippen molar-refractivity contribution in [2.24, 2.45) is 0 Å². The molecule has 19 heavy (non-hydrogen) atoms. The van der Waals surface area contributed by atoms with Crippen molar-refractivity contribution in [3.63, 3.8) is 0 Å². The molecule has 1 heterocycles. The van der Waals surface area contributed by atoms with E-state index in [4.69, 9.17) is 12.2 Å². The van der Waals surface area contributed by atoms with E-state index in [2.05, 4.69) is 9.97 Å². The van der Waals surface area contributed by atoms with Crippen molar-refractivity contribution in [1.29, 1.82) is 0 Å². The first-order chi connectivity index (χ1) is 8.77. The predicted octanol–water partition coefficient (Wildman–Crippen LogP) is 4.55. The molecule has 0 amide bonds. The Bertz CT molecular complexity index is 669. The predicted molar refractivity (Wildman–Crippen MR) is 78.3 cm³/mol. The largest absolute Gasteiger partial charge is 0.343 e. The lowest BCUT2D eigenvalue weighted by Crippen LogP contribution is -2.16. The number of H-pyrrole nitrogens is 1. The van der Waals surface area contributed by atoms with Gasteiger partial charge in [0.1, 0.15) is 16.3 Å². The molecule has 0 radical (unpaired) electrons. The van der Waals surface area contributed by atoms with E-state index < -0.39 is 0 Å². The van der Waals surface area contributed by atoms with Crippen molar-refractivity contribution < 1.29 is 4.39 Å². The third-order valence-electron chi connectivity index (χ3n) is 2.87. The van der Waals surface area contributed by atoms with Crippen molar-refractivity contribution >= 4 is 12.2 Å². The number of benzene rings is 1. The topological polar surface area (TPSA) is 28.7 Å². The van der Waals surface area contributed by atoms with Crippen LogP contribution in [0, 0.1) is 17.4 Å². The quantitative estimate of drug-likeness (QED) is 0.774. The highest BCUT2D eigenvalue weighted by Crippen LogP contribution is 2.25. The Kier molecular flexibility index (Phi) is 3.54. The molecule has 4 heteroatoms. The summed E-state index contributed by atoms with van der Waals surface area (Å²) in [7, 11) is 0. The molecule has 1 aromatic heterocycles. The van der Waals surface area contributed by atoms with Gasteiger partial charge in [0.15, 0.2) is 0 Å². The molecule has 1 N–H and O–H groups in total. The van der Waals surface area contributed by atoms with E-state index in [9.17, 15) is 4.39 Å². The van der Waals surface area contributed by atoms with E-state index >= 15 is 0 Å². The van der Waals surface area contributed by atoms with E-state index in [1.807, 2.05) is 33.8 Å².